The molecular weight excluding hydrogens is 212 g/mol. The standard InChI is InChI=1S/C2H2N2O6S2/c3-1-4(7)11-10-12(8,9)2(5)6/h7H,(H,5,6). The van der Waals surface area contributed by atoms with Gasteiger partial charge in [0, 0.05) is 0 Å². The fourth-order valence-corrected chi connectivity index (χ4v) is 0.932. The van der Waals surface area contributed by atoms with Gasteiger partial charge in [-0.1, -0.05) is 4.47 Å². The number of nitrogens with zero attached hydrogens (tertiary/aromatic N) is 2. The lowest BCUT2D eigenvalue weighted by molar-refractivity contribution is 0.0729. The summed E-state index contributed by atoms with van der Waals surface area (Å²) in [6.07, 6.45) is 1.05. The Labute approximate surface area is 71.4 Å². The summed E-state index contributed by atoms with van der Waals surface area (Å²) in [5.74, 6) is 0. The highest BCUT2D eigenvalue weighted by Crippen LogP contribution is 2.11. The Balaban J connectivity index is 4.14. The van der Waals surface area contributed by atoms with Crippen LogP contribution in [0.5, 0.6) is 0 Å². The van der Waals surface area contributed by atoms with E-state index in [9.17, 15) is 13.2 Å². The smallest absolute Gasteiger partial charge is 0.450 e. The number of nitriles is 1. The van der Waals surface area contributed by atoms with Crippen molar-refractivity contribution in [2.75, 3.05) is 0 Å². The van der Waals surface area contributed by atoms with E-state index < -0.39 is 15.4 Å². The number of hydrogen-bond acceptors (Lipinski definition) is 8. The van der Waals surface area contributed by atoms with Crippen LogP contribution >= 0.6 is 12.2 Å². The van der Waals surface area contributed by atoms with E-state index >= 15 is 0 Å². The molecule has 12 heavy (non-hydrogen) atoms. The van der Waals surface area contributed by atoms with Gasteiger partial charge >= 0.3 is 15.4 Å². The minimum absolute atomic E-state index is 0.263. The quantitative estimate of drug-likeness (QED) is 0.215. The SMILES string of the molecule is N#CN(O)SOS(=O)(=O)C(=O)O. The van der Waals surface area contributed by atoms with Crippen LogP contribution in [-0.2, 0) is 13.7 Å². The van der Waals surface area contributed by atoms with E-state index in [1.165, 1.54) is 0 Å². The topological polar surface area (TPSA) is 128 Å². The molecule has 2 N–H and O–H groups in total. The summed E-state index contributed by atoms with van der Waals surface area (Å²) in [6, 6.07) is 0. The maximum absolute atomic E-state index is 10.3. The van der Waals surface area contributed by atoms with E-state index in [1.807, 2.05) is 0 Å². The fraction of sp³-hybridized carbons (Fsp3) is 0. The van der Waals surface area contributed by atoms with E-state index in [1.54, 1.807) is 0 Å². The van der Waals surface area contributed by atoms with Crippen molar-refractivity contribution < 1.29 is 27.2 Å². The van der Waals surface area contributed by atoms with Gasteiger partial charge < -0.3 is 5.11 Å². The molecule has 0 spiro atoms. The normalized spacial score (nSPS) is 10.3. The van der Waals surface area contributed by atoms with Crippen molar-refractivity contribution >= 4 is 27.6 Å². The molecule has 0 amide bonds. The molecule has 0 bridgehead atoms. The molecule has 0 fully saturated rings. The van der Waals surface area contributed by atoms with Gasteiger partial charge in [-0.15, -0.1) is 0 Å². The summed E-state index contributed by atoms with van der Waals surface area (Å²) in [7, 11) is -4.78. The van der Waals surface area contributed by atoms with Crippen molar-refractivity contribution in [3.63, 3.8) is 0 Å². The first-order valence-electron chi connectivity index (χ1n) is 2.13. The predicted molar refractivity (Wildman–Crippen MR) is 34.9 cm³/mol. The first-order chi connectivity index (χ1) is 5.40. The molecule has 0 aliphatic rings. The summed E-state index contributed by atoms with van der Waals surface area (Å²) in [5.41, 5.74) is 0. The number of hydroxylamine groups is 1. The van der Waals surface area contributed by atoms with E-state index in [4.69, 9.17) is 15.6 Å². The zero-order valence-corrected chi connectivity index (χ0v) is 6.87. The van der Waals surface area contributed by atoms with Crippen molar-refractivity contribution in [1.29, 1.82) is 5.26 Å². The second-order valence-corrected chi connectivity index (χ2v) is 3.53. The van der Waals surface area contributed by atoms with Crippen LogP contribution in [0.3, 0.4) is 0 Å². The second-order valence-electron chi connectivity index (χ2n) is 1.24. The van der Waals surface area contributed by atoms with Crippen molar-refractivity contribution in [2.45, 2.75) is 0 Å². The zero-order chi connectivity index (χ0) is 9.78. The molecule has 10 heteroatoms. The summed E-state index contributed by atoms with van der Waals surface area (Å²) in [6.45, 7) is 0. The lowest BCUT2D eigenvalue weighted by atomic mass is 11.4. The highest BCUT2D eigenvalue weighted by Gasteiger charge is 2.24. The third kappa shape index (κ3) is 3.39. The van der Waals surface area contributed by atoms with Crippen LogP contribution in [-0.4, -0.2) is 28.5 Å². The second kappa shape index (κ2) is 4.12. The molecule has 68 valence electrons. The molecule has 0 saturated carbocycles. The minimum atomic E-state index is -4.78. The van der Waals surface area contributed by atoms with Gasteiger partial charge in [0.25, 0.3) is 0 Å². The van der Waals surface area contributed by atoms with Gasteiger partial charge in [0.05, 0.1) is 0 Å². The Hall–Kier alpha value is -1.02. The maximum atomic E-state index is 10.3. The largest absolute Gasteiger partial charge is 0.468 e. The van der Waals surface area contributed by atoms with Gasteiger partial charge in [-0.25, -0.2) is 4.79 Å². The van der Waals surface area contributed by atoms with Crippen LogP contribution in [0.25, 0.3) is 0 Å². The third-order valence-electron chi connectivity index (χ3n) is 0.490. The molecular formula is C2H2N2O6S2. The predicted octanol–water partition coefficient (Wildman–Crippen LogP) is -0.254. The average molecular weight is 214 g/mol. The van der Waals surface area contributed by atoms with Crippen molar-refractivity contribution in [3.05, 3.63) is 0 Å². The number of carbonyl (C=O) groups is 1. The molecule has 0 atom stereocenters. The molecule has 8 nitrogen and oxygen atoms in total. The van der Waals surface area contributed by atoms with Gasteiger partial charge in [-0.2, -0.15) is 17.3 Å². The highest BCUT2D eigenvalue weighted by molar-refractivity contribution is 8.10. The molecule has 0 aromatic carbocycles. The van der Waals surface area contributed by atoms with E-state index in [0.717, 1.165) is 6.19 Å². The minimum Gasteiger partial charge on any atom is -0.468 e. The molecule has 0 aliphatic heterocycles. The first kappa shape index (κ1) is 11.0. The molecule has 0 heterocycles. The highest BCUT2D eigenvalue weighted by atomic mass is 32.3. The van der Waals surface area contributed by atoms with Crippen LogP contribution in [0.15, 0.2) is 0 Å². The lowest BCUT2D eigenvalue weighted by Crippen LogP contribution is -2.14. The van der Waals surface area contributed by atoms with Crippen LogP contribution in [0.4, 0.5) is 4.79 Å². The summed E-state index contributed by atoms with van der Waals surface area (Å²) >= 11 is -0.329. The zero-order valence-electron chi connectivity index (χ0n) is 5.24. The molecule has 0 rings (SSSR count). The Morgan fingerprint density at radius 3 is 2.50 bits per heavy atom. The average Bonchev–Trinajstić information content (AvgIpc) is 2.00. The summed E-state index contributed by atoms with van der Waals surface area (Å²) in [4.78, 5) is 9.81. The molecule has 0 unspecified atom stereocenters. The molecule has 0 radical (unpaired) electrons. The van der Waals surface area contributed by atoms with Crippen molar-refractivity contribution in [2.24, 2.45) is 0 Å². The number of rotatable bonds is 3. The third-order valence-corrected chi connectivity index (χ3v) is 2.10. The summed E-state index contributed by atoms with van der Waals surface area (Å²) in [5, 5.41) is 21.8. The Morgan fingerprint density at radius 2 is 2.17 bits per heavy atom. The van der Waals surface area contributed by atoms with Gasteiger partial charge in [0.1, 0.15) is 0 Å². The number of carboxylic acid groups (broad SMARTS) is 1. The maximum Gasteiger partial charge on any atom is 0.450 e. The van der Waals surface area contributed by atoms with Crippen LogP contribution in [0.1, 0.15) is 0 Å². The van der Waals surface area contributed by atoms with Crippen molar-refractivity contribution in [3.8, 4) is 6.19 Å². The monoisotopic (exact) mass is 214 g/mol. The Kier molecular flexibility index (Phi) is 3.77. The fourth-order valence-electron chi connectivity index (χ4n) is 0.115. The first-order valence-corrected chi connectivity index (χ1v) is 4.24. The van der Waals surface area contributed by atoms with Crippen LogP contribution in [0, 0.1) is 11.5 Å². The van der Waals surface area contributed by atoms with Gasteiger partial charge in [-0.05, 0) is 0 Å². The van der Waals surface area contributed by atoms with Crippen LogP contribution < -0.4 is 0 Å². The summed E-state index contributed by atoms with van der Waals surface area (Å²) < 4.78 is 23.8. The van der Waals surface area contributed by atoms with Gasteiger partial charge in [0.2, 0.25) is 6.19 Å². The van der Waals surface area contributed by atoms with Crippen LogP contribution in [0.2, 0.25) is 0 Å². The van der Waals surface area contributed by atoms with Gasteiger partial charge in [0.15, 0.2) is 12.2 Å². The van der Waals surface area contributed by atoms with Gasteiger partial charge in [-0.3, -0.25) is 5.21 Å². The van der Waals surface area contributed by atoms with E-state index in [0.29, 0.717) is 0 Å². The Bertz CT molecular complexity index is 302. The molecule has 0 aromatic heterocycles. The molecule has 0 aliphatic carbocycles. The number of hydrogen-bond donors (Lipinski definition) is 2. The Morgan fingerprint density at radius 1 is 1.67 bits per heavy atom. The molecule has 0 aromatic rings. The lowest BCUT2D eigenvalue weighted by Gasteiger charge is -2.01. The van der Waals surface area contributed by atoms with E-state index in [-0.39, 0.29) is 16.7 Å². The van der Waals surface area contributed by atoms with E-state index in [2.05, 4.69) is 3.63 Å². The molecule has 0 saturated heterocycles. The van der Waals surface area contributed by atoms with Crippen molar-refractivity contribution in [1.82, 2.24) is 4.47 Å².